The van der Waals surface area contributed by atoms with Gasteiger partial charge in [0.15, 0.2) is 0 Å². The van der Waals surface area contributed by atoms with Gasteiger partial charge in [-0.3, -0.25) is 0 Å². The fraction of sp³-hybridized carbons (Fsp3) is 0.600. The maximum Gasteiger partial charge on any atom is 0.240 e. The van der Waals surface area contributed by atoms with E-state index in [1.54, 1.807) is 12.1 Å². The van der Waals surface area contributed by atoms with Crippen LogP contribution in [0, 0.1) is 18.8 Å². The molecule has 112 valence electrons. The molecule has 0 amide bonds. The van der Waals surface area contributed by atoms with Crippen molar-refractivity contribution in [3.05, 3.63) is 29.8 Å². The number of hydrogen-bond acceptors (Lipinski definition) is 2. The van der Waals surface area contributed by atoms with E-state index >= 15 is 0 Å². The van der Waals surface area contributed by atoms with Gasteiger partial charge >= 0.3 is 0 Å². The fourth-order valence-electron chi connectivity index (χ4n) is 2.77. The summed E-state index contributed by atoms with van der Waals surface area (Å²) < 4.78 is 27.2. The quantitative estimate of drug-likeness (QED) is 0.847. The second kappa shape index (κ2) is 6.92. The van der Waals surface area contributed by atoms with Crippen molar-refractivity contribution in [3.8, 4) is 0 Å². The van der Waals surface area contributed by atoms with E-state index in [1.807, 2.05) is 19.1 Å². The Labute approximate surface area is 126 Å². The maximum atomic E-state index is 12.2. The molecule has 20 heavy (non-hydrogen) atoms. The van der Waals surface area contributed by atoms with E-state index < -0.39 is 10.0 Å². The van der Waals surface area contributed by atoms with Gasteiger partial charge in [0.25, 0.3) is 0 Å². The van der Waals surface area contributed by atoms with E-state index in [0.29, 0.717) is 29.2 Å². The number of nitrogens with one attached hydrogen (secondary N) is 1. The lowest BCUT2D eigenvalue weighted by Gasteiger charge is -2.30. The maximum absolute atomic E-state index is 12.2. The summed E-state index contributed by atoms with van der Waals surface area (Å²) in [7, 11) is -3.40. The SMILES string of the molecule is Cc1ccc(S(=O)(=O)NCC2CCCCC2CCl)cc1. The average molecular weight is 316 g/mol. The van der Waals surface area contributed by atoms with Gasteiger partial charge in [0, 0.05) is 12.4 Å². The minimum absolute atomic E-state index is 0.335. The van der Waals surface area contributed by atoms with Crippen molar-refractivity contribution in [2.24, 2.45) is 11.8 Å². The van der Waals surface area contributed by atoms with Crippen LogP contribution in [0.5, 0.6) is 0 Å². The van der Waals surface area contributed by atoms with Crippen molar-refractivity contribution in [1.29, 1.82) is 0 Å². The van der Waals surface area contributed by atoms with Gasteiger partial charge in [0.1, 0.15) is 0 Å². The first kappa shape index (κ1) is 15.8. The highest BCUT2D eigenvalue weighted by Gasteiger charge is 2.26. The van der Waals surface area contributed by atoms with Crippen LogP contribution in [0.3, 0.4) is 0 Å². The molecule has 3 nitrogen and oxygen atoms in total. The largest absolute Gasteiger partial charge is 0.240 e. The van der Waals surface area contributed by atoms with Crippen molar-refractivity contribution in [2.45, 2.75) is 37.5 Å². The molecule has 1 aromatic rings. The molecule has 0 heterocycles. The lowest BCUT2D eigenvalue weighted by Crippen LogP contribution is -2.34. The monoisotopic (exact) mass is 315 g/mol. The summed E-state index contributed by atoms with van der Waals surface area (Å²) in [5.74, 6) is 1.42. The van der Waals surface area contributed by atoms with Crippen LogP contribution >= 0.6 is 11.6 Å². The zero-order valence-corrected chi connectivity index (χ0v) is 13.4. The summed E-state index contributed by atoms with van der Waals surface area (Å²) >= 11 is 5.98. The molecule has 2 atom stereocenters. The van der Waals surface area contributed by atoms with E-state index in [9.17, 15) is 8.42 Å². The van der Waals surface area contributed by atoms with Gasteiger partial charge in [-0.05, 0) is 43.7 Å². The molecule has 1 aliphatic carbocycles. The molecular weight excluding hydrogens is 294 g/mol. The molecule has 1 aromatic carbocycles. The van der Waals surface area contributed by atoms with E-state index in [2.05, 4.69) is 4.72 Å². The molecule has 2 unspecified atom stereocenters. The number of alkyl halides is 1. The number of rotatable bonds is 5. The molecule has 0 spiro atoms. The van der Waals surface area contributed by atoms with Crippen LogP contribution in [0.25, 0.3) is 0 Å². The van der Waals surface area contributed by atoms with Crippen molar-refractivity contribution >= 4 is 21.6 Å². The highest BCUT2D eigenvalue weighted by molar-refractivity contribution is 7.89. The second-order valence-electron chi connectivity index (χ2n) is 5.62. The molecule has 1 saturated carbocycles. The summed E-state index contributed by atoms with van der Waals surface area (Å²) in [5.41, 5.74) is 1.05. The van der Waals surface area contributed by atoms with Crippen LogP contribution in [-0.4, -0.2) is 20.8 Å². The highest BCUT2D eigenvalue weighted by Crippen LogP contribution is 2.30. The Kier molecular flexibility index (Phi) is 5.47. The van der Waals surface area contributed by atoms with Crippen LogP contribution in [0.4, 0.5) is 0 Å². The zero-order valence-electron chi connectivity index (χ0n) is 11.8. The Bertz CT molecular complexity index is 527. The van der Waals surface area contributed by atoms with Crippen LogP contribution in [0.2, 0.25) is 0 Å². The lowest BCUT2D eigenvalue weighted by molar-refractivity contribution is 0.260. The Morgan fingerprint density at radius 1 is 1.15 bits per heavy atom. The summed E-state index contributed by atoms with van der Waals surface area (Å²) in [5, 5.41) is 0. The first-order valence-electron chi connectivity index (χ1n) is 7.15. The predicted octanol–water partition coefficient (Wildman–Crippen LogP) is 3.32. The second-order valence-corrected chi connectivity index (χ2v) is 7.70. The topological polar surface area (TPSA) is 46.2 Å². The van der Waals surface area contributed by atoms with Gasteiger partial charge in [-0.2, -0.15) is 0 Å². The minimum atomic E-state index is -3.40. The summed E-state index contributed by atoms with van der Waals surface area (Å²) in [6.45, 7) is 2.44. The third kappa shape index (κ3) is 3.96. The van der Waals surface area contributed by atoms with E-state index in [1.165, 1.54) is 12.8 Å². The first-order chi connectivity index (χ1) is 9.53. The molecule has 0 bridgehead atoms. The molecule has 1 N–H and O–H groups in total. The number of halogens is 1. The molecule has 0 radical (unpaired) electrons. The van der Waals surface area contributed by atoms with E-state index in [0.717, 1.165) is 18.4 Å². The van der Waals surface area contributed by atoms with Gasteiger partial charge in [0.2, 0.25) is 10.0 Å². The number of aryl methyl sites for hydroxylation is 1. The third-order valence-corrected chi connectivity index (χ3v) is 5.97. The molecule has 1 aliphatic rings. The summed E-state index contributed by atoms with van der Waals surface area (Å²) in [6, 6.07) is 6.93. The molecule has 0 aliphatic heterocycles. The molecule has 0 saturated heterocycles. The van der Waals surface area contributed by atoms with Crippen LogP contribution in [-0.2, 0) is 10.0 Å². The van der Waals surface area contributed by atoms with Crippen molar-refractivity contribution in [3.63, 3.8) is 0 Å². The number of sulfonamides is 1. The fourth-order valence-corrected chi connectivity index (χ4v) is 4.27. The standard InChI is InChI=1S/C15H22ClNO2S/c1-12-6-8-15(9-7-12)20(18,19)17-11-14-5-3-2-4-13(14)10-16/h6-9,13-14,17H,2-5,10-11H2,1H3. The Morgan fingerprint density at radius 3 is 2.35 bits per heavy atom. The molecule has 2 rings (SSSR count). The average Bonchev–Trinajstić information content (AvgIpc) is 2.46. The van der Waals surface area contributed by atoms with Gasteiger partial charge < -0.3 is 0 Å². The molecule has 0 aromatic heterocycles. The van der Waals surface area contributed by atoms with Crippen LogP contribution < -0.4 is 4.72 Å². The highest BCUT2D eigenvalue weighted by atomic mass is 35.5. The molecule has 5 heteroatoms. The minimum Gasteiger partial charge on any atom is -0.211 e. The van der Waals surface area contributed by atoms with Gasteiger partial charge in [-0.1, -0.05) is 30.5 Å². The summed E-state index contributed by atoms with van der Waals surface area (Å²) in [4.78, 5) is 0.335. The van der Waals surface area contributed by atoms with Crippen LogP contribution in [0.1, 0.15) is 31.2 Å². The number of benzene rings is 1. The summed E-state index contributed by atoms with van der Waals surface area (Å²) in [6.07, 6.45) is 4.55. The third-order valence-electron chi connectivity index (χ3n) is 4.13. The lowest BCUT2D eigenvalue weighted by atomic mass is 9.80. The Hall–Kier alpha value is -0.580. The van der Waals surface area contributed by atoms with E-state index in [-0.39, 0.29) is 0 Å². The van der Waals surface area contributed by atoms with Gasteiger partial charge in [-0.15, -0.1) is 11.6 Å². The molecular formula is C15H22ClNO2S. The van der Waals surface area contributed by atoms with E-state index in [4.69, 9.17) is 11.6 Å². The smallest absolute Gasteiger partial charge is 0.211 e. The molecule has 1 fully saturated rings. The Morgan fingerprint density at radius 2 is 1.75 bits per heavy atom. The van der Waals surface area contributed by atoms with Crippen molar-refractivity contribution < 1.29 is 8.42 Å². The number of hydrogen-bond donors (Lipinski definition) is 1. The van der Waals surface area contributed by atoms with Crippen LogP contribution in [0.15, 0.2) is 29.2 Å². The van der Waals surface area contributed by atoms with Gasteiger partial charge in [0.05, 0.1) is 4.90 Å². The van der Waals surface area contributed by atoms with Crippen molar-refractivity contribution in [2.75, 3.05) is 12.4 Å². The predicted molar refractivity (Wildman–Crippen MR) is 82.5 cm³/mol. The normalized spacial score (nSPS) is 23.7. The first-order valence-corrected chi connectivity index (χ1v) is 9.17. The van der Waals surface area contributed by atoms with Crippen molar-refractivity contribution in [1.82, 2.24) is 4.72 Å². The Balaban J connectivity index is 1.99. The zero-order chi connectivity index (χ0) is 14.6. The van der Waals surface area contributed by atoms with Gasteiger partial charge in [-0.25, -0.2) is 13.1 Å².